The molecule has 2 rings (SSSR count). The number of ether oxygens (including phenoxy) is 1. The Labute approximate surface area is 116 Å². The number of hydrogen-bond donors (Lipinski definition) is 1. The second kappa shape index (κ2) is 6.55. The van der Waals surface area contributed by atoms with E-state index in [9.17, 15) is 9.50 Å². The quantitative estimate of drug-likeness (QED) is 0.906. The number of aliphatic hydroxyl groups excluding tert-OH is 1. The fourth-order valence-corrected chi connectivity index (χ4v) is 2.09. The number of halogens is 2. The van der Waals surface area contributed by atoms with E-state index in [1.54, 1.807) is 24.3 Å². The summed E-state index contributed by atoms with van der Waals surface area (Å²) in [5, 5.41) is 9.99. The first-order valence-corrected chi connectivity index (χ1v) is 6.32. The Hall–Kier alpha value is -1.58. The standard InChI is InChI=1S/C15H14ClFO2/c16-13-6-2-1-5-12(13)11(9-18)10-19-15-8-4-3-7-14(15)17/h1-8,11,18H,9-10H2. The zero-order valence-electron chi connectivity index (χ0n) is 10.2. The Bertz CT molecular complexity index is 545. The van der Waals surface area contributed by atoms with Crippen LogP contribution >= 0.6 is 11.6 Å². The molecule has 0 amide bonds. The van der Waals surface area contributed by atoms with Gasteiger partial charge in [0.2, 0.25) is 0 Å². The van der Waals surface area contributed by atoms with Gasteiger partial charge in [0.15, 0.2) is 11.6 Å². The molecule has 2 nitrogen and oxygen atoms in total. The molecule has 0 fully saturated rings. The average Bonchev–Trinajstić information content (AvgIpc) is 2.43. The second-order valence-electron chi connectivity index (χ2n) is 4.14. The summed E-state index contributed by atoms with van der Waals surface area (Å²) in [4.78, 5) is 0. The lowest BCUT2D eigenvalue weighted by atomic mass is 10.0. The summed E-state index contributed by atoms with van der Waals surface area (Å²) in [5.41, 5.74) is 0.794. The summed E-state index contributed by atoms with van der Waals surface area (Å²) in [6, 6.07) is 13.4. The number of hydrogen-bond acceptors (Lipinski definition) is 2. The molecule has 0 aliphatic rings. The molecule has 1 atom stereocenters. The highest BCUT2D eigenvalue weighted by Crippen LogP contribution is 2.25. The van der Waals surface area contributed by atoms with E-state index in [1.807, 2.05) is 18.2 Å². The summed E-state index contributed by atoms with van der Waals surface area (Å²) >= 11 is 6.07. The zero-order chi connectivity index (χ0) is 13.7. The first-order chi connectivity index (χ1) is 9.22. The van der Waals surface area contributed by atoms with Crippen LogP contribution in [0.3, 0.4) is 0 Å². The molecule has 0 saturated heterocycles. The molecule has 0 heterocycles. The van der Waals surface area contributed by atoms with E-state index in [0.717, 1.165) is 5.56 Å². The predicted octanol–water partition coefficient (Wildman–Crippen LogP) is 3.63. The van der Waals surface area contributed by atoms with E-state index in [1.165, 1.54) is 6.07 Å². The zero-order valence-corrected chi connectivity index (χ0v) is 11.0. The van der Waals surface area contributed by atoms with Gasteiger partial charge in [-0.3, -0.25) is 0 Å². The van der Waals surface area contributed by atoms with Gasteiger partial charge < -0.3 is 9.84 Å². The van der Waals surface area contributed by atoms with E-state index in [0.29, 0.717) is 5.02 Å². The molecule has 19 heavy (non-hydrogen) atoms. The van der Waals surface area contributed by atoms with Gasteiger partial charge >= 0.3 is 0 Å². The van der Waals surface area contributed by atoms with Crippen LogP contribution in [0.4, 0.5) is 4.39 Å². The van der Waals surface area contributed by atoms with Crippen molar-refractivity contribution in [1.29, 1.82) is 0 Å². The highest BCUT2D eigenvalue weighted by Gasteiger charge is 2.15. The molecular weight excluding hydrogens is 267 g/mol. The number of benzene rings is 2. The third-order valence-electron chi connectivity index (χ3n) is 2.84. The molecule has 0 spiro atoms. The molecule has 0 aliphatic heterocycles. The van der Waals surface area contributed by atoms with Gasteiger partial charge in [0.1, 0.15) is 0 Å². The van der Waals surface area contributed by atoms with Gasteiger partial charge in [-0.2, -0.15) is 0 Å². The van der Waals surface area contributed by atoms with Crippen LogP contribution in [0, 0.1) is 5.82 Å². The van der Waals surface area contributed by atoms with Crippen molar-refractivity contribution in [2.24, 2.45) is 0 Å². The van der Waals surface area contributed by atoms with Gasteiger partial charge in [-0.15, -0.1) is 0 Å². The lowest BCUT2D eigenvalue weighted by Crippen LogP contribution is -2.15. The van der Waals surface area contributed by atoms with Crippen molar-refractivity contribution in [1.82, 2.24) is 0 Å². The van der Waals surface area contributed by atoms with Gasteiger partial charge in [0, 0.05) is 10.9 Å². The van der Waals surface area contributed by atoms with E-state index < -0.39 is 5.82 Å². The summed E-state index contributed by atoms with van der Waals surface area (Å²) in [6.07, 6.45) is 0. The molecule has 0 saturated carbocycles. The van der Waals surface area contributed by atoms with Crippen molar-refractivity contribution in [3.63, 3.8) is 0 Å². The van der Waals surface area contributed by atoms with Crippen LogP contribution < -0.4 is 4.74 Å². The molecule has 2 aromatic carbocycles. The van der Waals surface area contributed by atoms with Crippen molar-refractivity contribution in [2.45, 2.75) is 5.92 Å². The van der Waals surface area contributed by atoms with Crippen LogP contribution in [0.2, 0.25) is 5.02 Å². The second-order valence-corrected chi connectivity index (χ2v) is 4.55. The van der Waals surface area contributed by atoms with E-state index >= 15 is 0 Å². The van der Waals surface area contributed by atoms with Crippen LogP contribution in [0.15, 0.2) is 48.5 Å². The van der Waals surface area contributed by atoms with Crippen molar-refractivity contribution >= 4 is 11.6 Å². The molecule has 100 valence electrons. The van der Waals surface area contributed by atoms with Crippen LogP contribution in [0.25, 0.3) is 0 Å². The SMILES string of the molecule is OCC(COc1ccccc1F)c1ccccc1Cl. The van der Waals surface area contributed by atoms with E-state index in [4.69, 9.17) is 16.3 Å². The fraction of sp³-hybridized carbons (Fsp3) is 0.200. The topological polar surface area (TPSA) is 29.5 Å². The average molecular weight is 281 g/mol. The van der Waals surface area contributed by atoms with Crippen molar-refractivity contribution in [2.75, 3.05) is 13.2 Å². The Morgan fingerprint density at radius 2 is 1.79 bits per heavy atom. The minimum Gasteiger partial charge on any atom is -0.490 e. The first kappa shape index (κ1) is 13.8. The largest absolute Gasteiger partial charge is 0.490 e. The molecule has 0 radical (unpaired) electrons. The smallest absolute Gasteiger partial charge is 0.165 e. The summed E-state index contributed by atoms with van der Waals surface area (Å²) < 4.78 is 18.8. The monoisotopic (exact) mass is 280 g/mol. The number of aliphatic hydroxyl groups is 1. The Balaban J connectivity index is 2.09. The maximum Gasteiger partial charge on any atom is 0.165 e. The molecule has 0 bridgehead atoms. The molecule has 1 unspecified atom stereocenters. The van der Waals surface area contributed by atoms with Gasteiger partial charge in [0.25, 0.3) is 0 Å². The number of para-hydroxylation sites is 1. The summed E-state index contributed by atoms with van der Waals surface area (Å²) in [7, 11) is 0. The molecule has 0 aliphatic carbocycles. The Morgan fingerprint density at radius 3 is 2.47 bits per heavy atom. The Morgan fingerprint density at radius 1 is 1.11 bits per heavy atom. The van der Waals surface area contributed by atoms with Crippen LogP contribution in [-0.2, 0) is 0 Å². The Kier molecular flexibility index (Phi) is 4.77. The van der Waals surface area contributed by atoms with E-state index in [2.05, 4.69) is 0 Å². The minimum absolute atomic E-state index is 0.113. The molecule has 4 heteroatoms. The van der Waals surface area contributed by atoms with Crippen LogP contribution in [-0.4, -0.2) is 18.3 Å². The highest BCUT2D eigenvalue weighted by molar-refractivity contribution is 6.31. The third kappa shape index (κ3) is 3.46. The lowest BCUT2D eigenvalue weighted by Gasteiger charge is -2.17. The molecule has 1 N–H and O–H groups in total. The maximum atomic E-state index is 13.4. The van der Waals surface area contributed by atoms with Gasteiger partial charge in [-0.25, -0.2) is 4.39 Å². The highest BCUT2D eigenvalue weighted by atomic mass is 35.5. The van der Waals surface area contributed by atoms with Gasteiger partial charge in [0.05, 0.1) is 13.2 Å². The minimum atomic E-state index is -0.418. The van der Waals surface area contributed by atoms with Crippen molar-refractivity contribution < 1.29 is 14.2 Å². The van der Waals surface area contributed by atoms with Crippen LogP contribution in [0.1, 0.15) is 11.5 Å². The molecule has 0 aromatic heterocycles. The summed E-state index contributed by atoms with van der Waals surface area (Å²) in [6.45, 7) is 0.0549. The van der Waals surface area contributed by atoms with Gasteiger partial charge in [-0.05, 0) is 23.8 Å². The normalized spacial score (nSPS) is 12.2. The number of rotatable bonds is 5. The molecule has 2 aromatic rings. The maximum absolute atomic E-state index is 13.4. The van der Waals surface area contributed by atoms with Crippen molar-refractivity contribution in [3.8, 4) is 5.75 Å². The van der Waals surface area contributed by atoms with E-state index in [-0.39, 0.29) is 24.9 Å². The summed E-state index contributed by atoms with van der Waals surface area (Å²) in [5.74, 6) is -0.528. The predicted molar refractivity (Wildman–Crippen MR) is 73.2 cm³/mol. The molecular formula is C15H14ClFO2. The first-order valence-electron chi connectivity index (χ1n) is 5.95. The van der Waals surface area contributed by atoms with Crippen molar-refractivity contribution in [3.05, 3.63) is 64.9 Å². The lowest BCUT2D eigenvalue weighted by molar-refractivity contribution is 0.201. The van der Waals surface area contributed by atoms with Crippen LogP contribution in [0.5, 0.6) is 5.75 Å². The third-order valence-corrected chi connectivity index (χ3v) is 3.19. The van der Waals surface area contributed by atoms with Gasteiger partial charge in [-0.1, -0.05) is 41.9 Å². The fourth-order valence-electron chi connectivity index (χ4n) is 1.80.